The topological polar surface area (TPSA) is 57.5 Å². The van der Waals surface area contributed by atoms with Gasteiger partial charge in [0.15, 0.2) is 6.10 Å². The maximum absolute atomic E-state index is 10.6. The maximum Gasteiger partial charge on any atom is 0.337 e. The van der Waals surface area contributed by atoms with Crippen molar-refractivity contribution in [3.05, 3.63) is 48.0 Å². The maximum atomic E-state index is 10.6. The second-order valence-electron chi connectivity index (χ2n) is 2.93. The second-order valence-corrected chi connectivity index (χ2v) is 2.93. The van der Waals surface area contributed by atoms with Crippen LogP contribution < -0.4 is 0 Å². The van der Waals surface area contributed by atoms with Gasteiger partial charge in [0.05, 0.1) is 0 Å². The van der Waals surface area contributed by atoms with Crippen molar-refractivity contribution in [2.45, 2.75) is 12.5 Å². The zero-order chi connectivity index (χ0) is 10.6. The first kappa shape index (κ1) is 10.5. The third kappa shape index (κ3) is 2.20. The summed E-state index contributed by atoms with van der Waals surface area (Å²) in [6.45, 7) is 3.57. The summed E-state index contributed by atoms with van der Waals surface area (Å²) in [7, 11) is 0. The van der Waals surface area contributed by atoms with Crippen molar-refractivity contribution in [3.63, 3.8) is 0 Å². The summed E-state index contributed by atoms with van der Waals surface area (Å²) in [5.41, 5.74) is 1.22. The molecule has 0 aromatic heterocycles. The highest BCUT2D eigenvalue weighted by Crippen LogP contribution is 2.18. The third-order valence-electron chi connectivity index (χ3n) is 1.95. The highest BCUT2D eigenvalue weighted by molar-refractivity contribution is 5.74. The molecular formula is C11H12O3. The molecule has 3 nitrogen and oxygen atoms in total. The molecule has 0 fully saturated rings. The van der Waals surface area contributed by atoms with Crippen LogP contribution in [0.15, 0.2) is 36.9 Å². The van der Waals surface area contributed by atoms with E-state index in [2.05, 4.69) is 6.58 Å². The zero-order valence-electron chi connectivity index (χ0n) is 7.68. The number of hydrogen-bond acceptors (Lipinski definition) is 2. The molecule has 1 aromatic rings. The van der Waals surface area contributed by atoms with Crippen molar-refractivity contribution < 1.29 is 15.0 Å². The molecule has 1 unspecified atom stereocenters. The van der Waals surface area contributed by atoms with Crippen LogP contribution in [0.1, 0.15) is 17.2 Å². The van der Waals surface area contributed by atoms with Gasteiger partial charge in [-0.15, -0.1) is 6.58 Å². The van der Waals surface area contributed by atoms with E-state index < -0.39 is 12.1 Å². The Morgan fingerprint density at radius 2 is 2.14 bits per heavy atom. The Bertz CT molecular complexity index is 344. The number of aliphatic carboxylic acids is 1. The number of hydrogen-bond donors (Lipinski definition) is 2. The molecule has 0 radical (unpaired) electrons. The lowest BCUT2D eigenvalue weighted by atomic mass is 10.00. The Kier molecular flexibility index (Phi) is 3.42. The van der Waals surface area contributed by atoms with E-state index in [1.165, 1.54) is 0 Å². The van der Waals surface area contributed by atoms with Crippen LogP contribution in [0, 0.1) is 0 Å². The van der Waals surface area contributed by atoms with E-state index in [-0.39, 0.29) is 0 Å². The normalized spacial score (nSPS) is 12.1. The molecule has 0 spiro atoms. The molecule has 0 aliphatic rings. The van der Waals surface area contributed by atoms with Crippen LogP contribution in [0.3, 0.4) is 0 Å². The van der Waals surface area contributed by atoms with E-state index in [9.17, 15) is 9.90 Å². The lowest BCUT2D eigenvalue weighted by Gasteiger charge is -2.10. The van der Waals surface area contributed by atoms with Crippen molar-refractivity contribution in [1.29, 1.82) is 0 Å². The summed E-state index contributed by atoms with van der Waals surface area (Å²) in [5, 5.41) is 18.0. The van der Waals surface area contributed by atoms with Gasteiger partial charge in [0, 0.05) is 0 Å². The van der Waals surface area contributed by atoms with Crippen molar-refractivity contribution in [1.82, 2.24) is 0 Å². The van der Waals surface area contributed by atoms with Crippen LogP contribution >= 0.6 is 0 Å². The summed E-state index contributed by atoms with van der Waals surface area (Å²) in [5.74, 6) is -1.23. The van der Waals surface area contributed by atoms with Gasteiger partial charge in [-0.3, -0.25) is 0 Å². The highest BCUT2D eigenvalue weighted by Gasteiger charge is 2.17. The molecule has 0 saturated heterocycles. The molecule has 14 heavy (non-hydrogen) atoms. The smallest absolute Gasteiger partial charge is 0.337 e. The molecule has 0 aliphatic heterocycles. The van der Waals surface area contributed by atoms with Gasteiger partial charge in [-0.2, -0.15) is 0 Å². The van der Waals surface area contributed by atoms with E-state index in [1.807, 2.05) is 0 Å². The minimum absolute atomic E-state index is 0.430. The zero-order valence-corrected chi connectivity index (χ0v) is 7.68. The van der Waals surface area contributed by atoms with E-state index in [0.29, 0.717) is 12.0 Å². The first-order valence-corrected chi connectivity index (χ1v) is 4.26. The van der Waals surface area contributed by atoms with Gasteiger partial charge in [-0.25, -0.2) is 4.79 Å². The Morgan fingerprint density at radius 3 is 2.71 bits per heavy atom. The SMILES string of the molecule is C=CCc1ccccc1C(O)C(=O)O. The first-order valence-electron chi connectivity index (χ1n) is 4.26. The third-order valence-corrected chi connectivity index (χ3v) is 1.95. The predicted octanol–water partition coefficient (Wildman–Crippen LogP) is 1.53. The fourth-order valence-electron chi connectivity index (χ4n) is 1.28. The Balaban J connectivity index is 3.05. The Morgan fingerprint density at radius 1 is 1.50 bits per heavy atom. The number of aliphatic hydroxyl groups excluding tert-OH is 1. The van der Waals surface area contributed by atoms with Crippen LogP contribution in [0.5, 0.6) is 0 Å². The second kappa shape index (κ2) is 4.58. The first-order chi connectivity index (χ1) is 6.66. The van der Waals surface area contributed by atoms with Gasteiger partial charge in [0.1, 0.15) is 0 Å². The molecule has 74 valence electrons. The summed E-state index contributed by atoms with van der Waals surface area (Å²) in [6.07, 6.45) is 0.777. The van der Waals surface area contributed by atoms with E-state index in [1.54, 1.807) is 30.3 Å². The Hall–Kier alpha value is -1.61. The average molecular weight is 192 g/mol. The Labute approximate surface area is 82.3 Å². The molecule has 3 heteroatoms. The highest BCUT2D eigenvalue weighted by atomic mass is 16.4. The molecule has 1 atom stereocenters. The number of carboxylic acids is 1. The number of aliphatic hydroxyl groups is 1. The number of benzene rings is 1. The number of carboxylic acid groups (broad SMARTS) is 1. The molecular weight excluding hydrogens is 180 g/mol. The van der Waals surface area contributed by atoms with E-state index in [4.69, 9.17) is 5.11 Å². The summed E-state index contributed by atoms with van der Waals surface area (Å²) in [6, 6.07) is 6.89. The molecule has 1 rings (SSSR count). The van der Waals surface area contributed by atoms with E-state index in [0.717, 1.165) is 5.56 Å². The lowest BCUT2D eigenvalue weighted by molar-refractivity contribution is -0.147. The van der Waals surface area contributed by atoms with Gasteiger partial charge >= 0.3 is 5.97 Å². The van der Waals surface area contributed by atoms with E-state index >= 15 is 0 Å². The van der Waals surface area contributed by atoms with Crippen LogP contribution in [-0.2, 0) is 11.2 Å². The van der Waals surface area contributed by atoms with Gasteiger partial charge in [-0.05, 0) is 17.5 Å². The lowest BCUT2D eigenvalue weighted by Crippen LogP contribution is -2.12. The molecule has 2 N–H and O–H groups in total. The van der Waals surface area contributed by atoms with Crippen LogP contribution in [-0.4, -0.2) is 16.2 Å². The number of carbonyl (C=O) groups is 1. The van der Waals surface area contributed by atoms with Gasteiger partial charge < -0.3 is 10.2 Å². The average Bonchev–Trinajstić information content (AvgIpc) is 2.18. The molecule has 0 saturated carbocycles. The molecule has 1 aromatic carbocycles. The van der Waals surface area contributed by atoms with Crippen LogP contribution in [0.2, 0.25) is 0 Å². The fraction of sp³-hybridized carbons (Fsp3) is 0.182. The van der Waals surface area contributed by atoms with Crippen LogP contribution in [0.25, 0.3) is 0 Å². The van der Waals surface area contributed by atoms with Crippen LogP contribution in [0.4, 0.5) is 0 Å². The number of rotatable bonds is 4. The minimum atomic E-state index is -1.45. The fourth-order valence-corrected chi connectivity index (χ4v) is 1.28. The molecule has 0 heterocycles. The summed E-state index contributed by atoms with van der Waals surface area (Å²) in [4.78, 5) is 10.6. The number of allylic oxidation sites excluding steroid dienone is 1. The molecule has 0 aliphatic carbocycles. The minimum Gasteiger partial charge on any atom is -0.479 e. The van der Waals surface area contributed by atoms with Crippen molar-refractivity contribution in [2.75, 3.05) is 0 Å². The van der Waals surface area contributed by atoms with Gasteiger partial charge in [0.2, 0.25) is 0 Å². The van der Waals surface area contributed by atoms with Gasteiger partial charge in [-0.1, -0.05) is 30.3 Å². The largest absolute Gasteiger partial charge is 0.479 e. The summed E-state index contributed by atoms with van der Waals surface area (Å²) >= 11 is 0. The predicted molar refractivity (Wildman–Crippen MR) is 52.9 cm³/mol. The van der Waals surface area contributed by atoms with Crippen molar-refractivity contribution >= 4 is 5.97 Å². The summed E-state index contributed by atoms with van der Waals surface area (Å²) < 4.78 is 0. The standard InChI is InChI=1S/C11H12O3/c1-2-5-8-6-3-4-7-9(8)10(12)11(13)14/h2-4,6-7,10,12H,1,5H2,(H,13,14). The van der Waals surface area contributed by atoms with Gasteiger partial charge in [0.25, 0.3) is 0 Å². The molecule has 0 amide bonds. The van der Waals surface area contributed by atoms with Crippen molar-refractivity contribution in [2.24, 2.45) is 0 Å². The van der Waals surface area contributed by atoms with Crippen molar-refractivity contribution in [3.8, 4) is 0 Å². The quantitative estimate of drug-likeness (QED) is 0.711. The molecule has 0 bridgehead atoms. The monoisotopic (exact) mass is 192 g/mol.